The lowest BCUT2D eigenvalue weighted by molar-refractivity contribution is 0.0717. The maximum atomic E-state index is 13.4. The van der Waals surface area contributed by atoms with E-state index in [1.807, 2.05) is 17.3 Å². The molecule has 1 aromatic carbocycles. The van der Waals surface area contributed by atoms with Crippen LogP contribution in [0.4, 0.5) is 0 Å². The normalized spacial score (nSPS) is 21.8. The van der Waals surface area contributed by atoms with Crippen molar-refractivity contribution in [3.63, 3.8) is 0 Å². The predicted molar refractivity (Wildman–Crippen MR) is 121 cm³/mol. The van der Waals surface area contributed by atoms with E-state index in [-0.39, 0.29) is 17.2 Å². The molecule has 3 fully saturated rings. The SMILES string of the molecule is Cc1ccc(-c2cc(C(=O)N3CC(c4nncn4CC4CC4)C4(CCC4)C3)[nH]n2)cc1C. The second-order valence-corrected chi connectivity index (χ2v) is 10.2. The van der Waals surface area contributed by atoms with Crippen molar-refractivity contribution < 1.29 is 4.79 Å². The summed E-state index contributed by atoms with van der Waals surface area (Å²) in [6.45, 7) is 6.72. The van der Waals surface area contributed by atoms with Crippen molar-refractivity contribution >= 4 is 5.91 Å². The molecule has 32 heavy (non-hydrogen) atoms. The molecule has 1 N–H and O–H groups in total. The van der Waals surface area contributed by atoms with Gasteiger partial charge >= 0.3 is 0 Å². The van der Waals surface area contributed by atoms with Crippen LogP contribution in [0.2, 0.25) is 0 Å². The van der Waals surface area contributed by atoms with Gasteiger partial charge in [0.05, 0.1) is 5.69 Å². The lowest BCUT2D eigenvalue weighted by Gasteiger charge is -2.42. The zero-order chi connectivity index (χ0) is 21.9. The van der Waals surface area contributed by atoms with Gasteiger partial charge in [0, 0.05) is 31.1 Å². The van der Waals surface area contributed by atoms with Gasteiger partial charge in [-0.3, -0.25) is 9.89 Å². The average molecular weight is 431 g/mol. The number of carbonyl (C=O) groups is 1. The minimum absolute atomic E-state index is 0.0367. The van der Waals surface area contributed by atoms with Crippen LogP contribution < -0.4 is 0 Å². The molecule has 3 aliphatic rings. The molecule has 2 aromatic heterocycles. The number of hydrogen-bond donors (Lipinski definition) is 1. The summed E-state index contributed by atoms with van der Waals surface area (Å²) in [4.78, 5) is 15.5. The highest BCUT2D eigenvalue weighted by atomic mass is 16.2. The Hall–Kier alpha value is -2.96. The molecule has 0 radical (unpaired) electrons. The van der Waals surface area contributed by atoms with Crippen LogP contribution in [0.5, 0.6) is 0 Å². The highest BCUT2D eigenvalue weighted by Crippen LogP contribution is 2.55. The van der Waals surface area contributed by atoms with E-state index in [0.29, 0.717) is 12.2 Å². The topological polar surface area (TPSA) is 79.7 Å². The Bertz CT molecular complexity index is 1170. The fourth-order valence-electron chi connectivity index (χ4n) is 5.52. The second-order valence-electron chi connectivity index (χ2n) is 10.2. The van der Waals surface area contributed by atoms with E-state index < -0.39 is 0 Å². The molecule has 1 atom stereocenters. The van der Waals surface area contributed by atoms with Crippen LogP contribution in [0.15, 0.2) is 30.6 Å². The molecule has 2 saturated carbocycles. The zero-order valence-corrected chi connectivity index (χ0v) is 18.8. The minimum atomic E-state index is 0.0367. The number of aromatic amines is 1. The van der Waals surface area contributed by atoms with E-state index in [9.17, 15) is 4.79 Å². The molecule has 1 unspecified atom stereocenters. The Labute approximate surface area is 188 Å². The average Bonchev–Trinajstić information content (AvgIpc) is 3.17. The Balaban J connectivity index is 1.24. The number of likely N-dealkylation sites (tertiary alicyclic amines) is 1. The zero-order valence-electron chi connectivity index (χ0n) is 18.8. The second kappa shape index (κ2) is 7.29. The van der Waals surface area contributed by atoms with Crippen molar-refractivity contribution in [1.29, 1.82) is 0 Å². The van der Waals surface area contributed by atoms with Gasteiger partial charge in [-0.25, -0.2) is 0 Å². The van der Waals surface area contributed by atoms with E-state index in [2.05, 4.69) is 57.0 Å². The molecule has 1 aliphatic heterocycles. The van der Waals surface area contributed by atoms with Crippen LogP contribution >= 0.6 is 0 Å². The number of carbonyl (C=O) groups excluding carboxylic acids is 1. The molecule has 3 aromatic rings. The summed E-state index contributed by atoms with van der Waals surface area (Å²) in [7, 11) is 0. The molecule has 1 amide bonds. The van der Waals surface area contributed by atoms with Crippen molar-refractivity contribution in [1.82, 2.24) is 29.9 Å². The lowest BCUT2D eigenvalue weighted by Crippen LogP contribution is -2.38. The number of aromatic nitrogens is 5. The van der Waals surface area contributed by atoms with Gasteiger partial charge in [-0.15, -0.1) is 10.2 Å². The van der Waals surface area contributed by atoms with Gasteiger partial charge in [-0.2, -0.15) is 5.10 Å². The minimum Gasteiger partial charge on any atom is -0.336 e. The van der Waals surface area contributed by atoms with Gasteiger partial charge in [0.15, 0.2) is 0 Å². The molecule has 1 spiro atoms. The van der Waals surface area contributed by atoms with E-state index in [1.54, 1.807) is 0 Å². The van der Waals surface area contributed by atoms with Gasteiger partial charge in [-0.05, 0) is 74.1 Å². The molecule has 1 saturated heterocycles. The monoisotopic (exact) mass is 430 g/mol. The van der Waals surface area contributed by atoms with Crippen LogP contribution in [0.25, 0.3) is 11.3 Å². The summed E-state index contributed by atoms with van der Waals surface area (Å²) in [5.41, 5.74) is 5.04. The first-order chi connectivity index (χ1) is 15.5. The van der Waals surface area contributed by atoms with Gasteiger partial charge in [0.25, 0.3) is 5.91 Å². The third-order valence-corrected chi connectivity index (χ3v) is 8.00. The van der Waals surface area contributed by atoms with Crippen molar-refractivity contribution in [2.24, 2.45) is 11.3 Å². The third kappa shape index (κ3) is 3.26. The summed E-state index contributed by atoms with van der Waals surface area (Å²) >= 11 is 0. The molecule has 166 valence electrons. The number of amides is 1. The van der Waals surface area contributed by atoms with Crippen molar-refractivity contribution in [3.05, 3.63) is 53.2 Å². The number of rotatable bonds is 5. The van der Waals surface area contributed by atoms with Gasteiger partial charge in [-0.1, -0.05) is 18.6 Å². The molecule has 7 nitrogen and oxygen atoms in total. The Morgan fingerprint density at radius 3 is 2.75 bits per heavy atom. The first-order valence-electron chi connectivity index (χ1n) is 11.8. The first kappa shape index (κ1) is 19.7. The van der Waals surface area contributed by atoms with Crippen molar-refractivity contribution in [2.45, 2.75) is 58.4 Å². The number of nitrogens with one attached hydrogen (secondary N) is 1. The molecule has 2 aliphatic carbocycles. The number of nitrogens with zero attached hydrogens (tertiary/aromatic N) is 5. The summed E-state index contributed by atoms with van der Waals surface area (Å²) < 4.78 is 2.25. The maximum Gasteiger partial charge on any atom is 0.271 e. The summed E-state index contributed by atoms with van der Waals surface area (Å²) in [6, 6.07) is 8.18. The molecular formula is C25H30N6O. The van der Waals surface area contributed by atoms with E-state index in [4.69, 9.17) is 0 Å². The Kier molecular flexibility index (Phi) is 4.49. The van der Waals surface area contributed by atoms with Gasteiger partial charge in [0.1, 0.15) is 17.8 Å². The number of H-pyrrole nitrogens is 1. The lowest BCUT2D eigenvalue weighted by atomic mass is 9.62. The van der Waals surface area contributed by atoms with Gasteiger partial charge < -0.3 is 9.47 Å². The third-order valence-electron chi connectivity index (χ3n) is 8.00. The standard InChI is InChI=1S/C25H30N6O/c1-16-4-7-19(10-17(16)2)21-11-22(28-27-21)24(32)30-13-20(25(14-30)8-3-9-25)23-29-26-15-31(23)12-18-5-6-18/h4,7,10-11,15,18,20H,3,5-6,8-9,12-14H2,1-2H3,(H,27,28). The summed E-state index contributed by atoms with van der Waals surface area (Å²) in [6.07, 6.45) is 8.05. The fourth-order valence-corrected chi connectivity index (χ4v) is 5.52. The molecule has 3 heterocycles. The van der Waals surface area contributed by atoms with Crippen molar-refractivity contribution in [3.8, 4) is 11.3 Å². The van der Waals surface area contributed by atoms with Crippen molar-refractivity contribution in [2.75, 3.05) is 13.1 Å². The number of aryl methyl sites for hydroxylation is 2. The fraction of sp³-hybridized carbons (Fsp3) is 0.520. The molecule has 0 bridgehead atoms. The van der Waals surface area contributed by atoms with E-state index in [1.165, 1.54) is 30.4 Å². The first-order valence-corrected chi connectivity index (χ1v) is 11.8. The molecule has 7 heteroatoms. The molecule has 6 rings (SSSR count). The summed E-state index contributed by atoms with van der Waals surface area (Å²) in [5.74, 6) is 2.15. The predicted octanol–water partition coefficient (Wildman–Crippen LogP) is 4.10. The van der Waals surface area contributed by atoms with Crippen LogP contribution in [-0.2, 0) is 6.54 Å². The Morgan fingerprint density at radius 2 is 2.03 bits per heavy atom. The van der Waals surface area contributed by atoms with Crippen LogP contribution in [-0.4, -0.2) is 48.9 Å². The Morgan fingerprint density at radius 1 is 1.19 bits per heavy atom. The van der Waals surface area contributed by atoms with Crippen LogP contribution in [0.1, 0.15) is 65.5 Å². The molecular weight excluding hydrogens is 400 g/mol. The maximum absolute atomic E-state index is 13.4. The summed E-state index contributed by atoms with van der Waals surface area (Å²) in [5, 5.41) is 16.2. The number of benzene rings is 1. The van der Waals surface area contributed by atoms with E-state index >= 15 is 0 Å². The smallest absolute Gasteiger partial charge is 0.271 e. The number of hydrogen-bond acceptors (Lipinski definition) is 4. The van der Waals surface area contributed by atoms with Gasteiger partial charge in [0.2, 0.25) is 0 Å². The van der Waals surface area contributed by atoms with Crippen LogP contribution in [0.3, 0.4) is 0 Å². The highest BCUT2D eigenvalue weighted by Gasteiger charge is 2.54. The van der Waals surface area contributed by atoms with E-state index in [0.717, 1.165) is 48.9 Å². The largest absolute Gasteiger partial charge is 0.336 e. The highest BCUT2D eigenvalue weighted by molar-refractivity contribution is 5.93. The quantitative estimate of drug-likeness (QED) is 0.661. The van der Waals surface area contributed by atoms with Crippen LogP contribution in [0, 0.1) is 25.2 Å².